The molecule has 4 rings (SSSR count). The van der Waals surface area contributed by atoms with E-state index in [4.69, 9.17) is 0 Å². The number of pyridine rings is 1. The molecule has 6 nitrogen and oxygen atoms in total. The number of amides is 1. The Bertz CT molecular complexity index is 1090. The number of aromatic nitrogens is 4. The van der Waals surface area contributed by atoms with E-state index in [0.29, 0.717) is 39.5 Å². The van der Waals surface area contributed by atoms with Crippen LogP contribution in [0.5, 0.6) is 0 Å². The van der Waals surface area contributed by atoms with Crippen molar-refractivity contribution in [3.05, 3.63) is 48.8 Å². The fourth-order valence-electron chi connectivity index (χ4n) is 4.22. The number of carbonyl (C=O) groups is 1. The van der Waals surface area contributed by atoms with Crippen molar-refractivity contribution in [2.24, 2.45) is 11.8 Å². The molecular formula is C24H27F2N5OS2. The van der Waals surface area contributed by atoms with Gasteiger partial charge in [0.2, 0.25) is 5.91 Å². The second-order valence-electron chi connectivity index (χ2n) is 8.49. The summed E-state index contributed by atoms with van der Waals surface area (Å²) in [6.45, 7) is 4.44. The first-order valence-corrected chi connectivity index (χ1v) is 13.1. The van der Waals surface area contributed by atoms with E-state index in [0.717, 1.165) is 24.1 Å². The summed E-state index contributed by atoms with van der Waals surface area (Å²) in [7, 11) is 0. The molecule has 0 bridgehead atoms. The van der Waals surface area contributed by atoms with Crippen LogP contribution in [-0.2, 0) is 4.79 Å². The van der Waals surface area contributed by atoms with E-state index in [1.54, 1.807) is 36.7 Å². The Balaban J connectivity index is 1.54. The van der Waals surface area contributed by atoms with Gasteiger partial charge >= 0.3 is 0 Å². The van der Waals surface area contributed by atoms with E-state index >= 15 is 0 Å². The third kappa shape index (κ3) is 5.96. The van der Waals surface area contributed by atoms with Crippen molar-refractivity contribution in [3.63, 3.8) is 0 Å². The normalized spacial score (nSPS) is 20.4. The zero-order chi connectivity index (χ0) is 24.1. The van der Waals surface area contributed by atoms with Crippen LogP contribution in [0.25, 0.3) is 17.1 Å². The van der Waals surface area contributed by atoms with Crippen LogP contribution in [0.4, 0.5) is 8.78 Å². The SMILES string of the molecule is C[C@@H]1[C@H](C)CCC[C@H]1NC(=O)CSc1nnc(-c2cccnc2)n1-c1ccc(SC(F)F)cc1. The van der Waals surface area contributed by atoms with Gasteiger partial charge in [-0.2, -0.15) is 8.78 Å². The minimum absolute atomic E-state index is 0.0305. The predicted octanol–water partition coefficient (Wildman–Crippen LogP) is 5.68. The van der Waals surface area contributed by atoms with Crippen molar-refractivity contribution in [2.45, 2.75) is 55.0 Å². The van der Waals surface area contributed by atoms with Crippen LogP contribution in [0.1, 0.15) is 33.1 Å². The highest BCUT2D eigenvalue weighted by molar-refractivity contribution is 8.00. The number of halogens is 2. The van der Waals surface area contributed by atoms with Crippen molar-refractivity contribution in [1.82, 2.24) is 25.1 Å². The summed E-state index contributed by atoms with van der Waals surface area (Å²) < 4.78 is 27.3. The lowest BCUT2D eigenvalue weighted by molar-refractivity contribution is -0.120. The molecule has 2 heterocycles. The van der Waals surface area contributed by atoms with Gasteiger partial charge < -0.3 is 5.32 Å². The Labute approximate surface area is 206 Å². The molecule has 1 amide bonds. The largest absolute Gasteiger partial charge is 0.352 e. The van der Waals surface area contributed by atoms with Crippen LogP contribution >= 0.6 is 23.5 Å². The Morgan fingerprint density at radius 1 is 1.18 bits per heavy atom. The number of thioether (sulfide) groups is 2. The first kappa shape index (κ1) is 24.7. The van der Waals surface area contributed by atoms with E-state index in [2.05, 4.69) is 34.3 Å². The molecule has 0 aliphatic heterocycles. The first-order chi connectivity index (χ1) is 16.4. The molecule has 3 atom stereocenters. The van der Waals surface area contributed by atoms with Crippen LogP contribution in [0.15, 0.2) is 58.8 Å². The highest BCUT2D eigenvalue weighted by atomic mass is 32.2. The highest BCUT2D eigenvalue weighted by Crippen LogP contribution is 2.32. The summed E-state index contributed by atoms with van der Waals surface area (Å²) in [6, 6.07) is 10.7. The summed E-state index contributed by atoms with van der Waals surface area (Å²) in [6.07, 6.45) is 6.71. The summed E-state index contributed by atoms with van der Waals surface area (Å²) in [5, 5.41) is 12.4. The van der Waals surface area contributed by atoms with Gasteiger partial charge in [-0.05, 0) is 54.7 Å². The Morgan fingerprint density at radius 2 is 1.97 bits per heavy atom. The number of benzene rings is 1. The van der Waals surface area contributed by atoms with Gasteiger partial charge in [-0.25, -0.2) is 0 Å². The Hall–Kier alpha value is -2.46. The van der Waals surface area contributed by atoms with Gasteiger partial charge in [0.05, 0.1) is 5.75 Å². The number of alkyl halides is 2. The van der Waals surface area contributed by atoms with Gasteiger partial charge in [0.15, 0.2) is 11.0 Å². The van der Waals surface area contributed by atoms with Crippen LogP contribution in [0.3, 0.4) is 0 Å². The molecule has 2 aromatic heterocycles. The van der Waals surface area contributed by atoms with E-state index in [9.17, 15) is 13.6 Å². The summed E-state index contributed by atoms with van der Waals surface area (Å²) in [5.74, 6) is -0.679. The topological polar surface area (TPSA) is 72.7 Å². The van der Waals surface area contributed by atoms with Gasteiger partial charge in [0.1, 0.15) is 0 Å². The third-order valence-corrected chi connectivity index (χ3v) is 7.91. The number of hydrogen-bond acceptors (Lipinski definition) is 6. The lowest BCUT2D eigenvalue weighted by atomic mass is 9.78. The number of hydrogen-bond donors (Lipinski definition) is 1. The fourth-order valence-corrected chi connectivity index (χ4v) is 5.48. The predicted molar refractivity (Wildman–Crippen MR) is 131 cm³/mol. The maximum atomic E-state index is 12.7. The average molecular weight is 504 g/mol. The van der Waals surface area contributed by atoms with Gasteiger partial charge in [-0.15, -0.1) is 10.2 Å². The molecule has 1 aliphatic rings. The van der Waals surface area contributed by atoms with Crippen LogP contribution < -0.4 is 5.32 Å². The maximum absolute atomic E-state index is 12.7. The second kappa shape index (κ2) is 11.3. The smallest absolute Gasteiger partial charge is 0.288 e. The number of nitrogens with one attached hydrogen (secondary N) is 1. The maximum Gasteiger partial charge on any atom is 0.288 e. The Kier molecular flexibility index (Phi) is 8.20. The van der Waals surface area contributed by atoms with E-state index in [1.165, 1.54) is 18.2 Å². The molecule has 0 radical (unpaired) electrons. The quantitative estimate of drug-likeness (QED) is 0.399. The second-order valence-corrected chi connectivity index (χ2v) is 10.5. The standard InChI is InChI=1S/C24H27F2N5OS2/c1-15-5-3-7-20(16(15)2)28-21(32)14-33-24-30-29-22(17-6-4-12-27-13-17)31(24)18-8-10-19(11-9-18)34-23(25)26/h4,6,8-13,15-16,20,23H,3,5,7,14H2,1-2H3,(H,28,32)/t15-,16-,20-/m1/s1. The van der Waals surface area contributed by atoms with Crippen LogP contribution in [0.2, 0.25) is 0 Å². The van der Waals surface area contributed by atoms with Crippen LogP contribution in [0, 0.1) is 11.8 Å². The number of carbonyl (C=O) groups excluding carboxylic acids is 1. The molecule has 0 unspecified atom stereocenters. The minimum atomic E-state index is -2.48. The summed E-state index contributed by atoms with van der Waals surface area (Å²) in [4.78, 5) is 17.4. The molecule has 10 heteroatoms. The zero-order valence-electron chi connectivity index (χ0n) is 19.0. The van der Waals surface area contributed by atoms with Crippen molar-refractivity contribution < 1.29 is 13.6 Å². The molecule has 1 saturated carbocycles. The van der Waals surface area contributed by atoms with Crippen molar-refractivity contribution in [3.8, 4) is 17.1 Å². The van der Waals surface area contributed by atoms with Gasteiger partial charge in [0.25, 0.3) is 5.76 Å². The third-order valence-electron chi connectivity index (χ3n) is 6.26. The molecule has 34 heavy (non-hydrogen) atoms. The average Bonchev–Trinajstić information content (AvgIpc) is 3.25. The highest BCUT2D eigenvalue weighted by Gasteiger charge is 2.28. The number of rotatable bonds is 8. The molecule has 0 saturated heterocycles. The lowest BCUT2D eigenvalue weighted by Gasteiger charge is -2.34. The first-order valence-electron chi connectivity index (χ1n) is 11.3. The van der Waals surface area contributed by atoms with E-state index < -0.39 is 5.76 Å². The van der Waals surface area contributed by atoms with Crippen molar-refractivity contribution in [2.75, 3.05) is 5.75 Å². The summed E-state index contributed by atoms with van der Waals surface area (Å²) >= 11 is 1.80. The molecule has 1 aromatic carbocycles. The van der Waals surface area contributed by atoms with Crippen LogP contribution in [-0.4, -0.2) is 43.2 Å². The molecule has 1 fully saturated rings. The van der Waals surface area contributed by atoms with E-state index in [1.807, 2.05) is 16.7 Å². The monoisotopic (exact) mass is 503 g/mol. The van der Waals surface area contributed by atoms with E-state index in [-0.39, 0.29) is 17.7 Å². The van der Waals surface area contributed by atoms with Gasteiger partial charge in [-0.3, -0.25) is 14.3 Å². The molecule has 3 aromatic rings. The zero-order valence-corrected chi connectivity index (χ0v) is 20.7. The fraction of sp³-hybridized carbons (Fsp3) is 0.417. The van der Waals surface area contributed by atoms with Crippen molar-refractivity contribution >= 4 is 29.4 Å². The molecular weight excluding hydrogens is 476 g/mol. The Morgan fingerprint density at radius 3 is 2.68 bits per heavy atom. The molecule has 1 N–H and O–H groups in total. The molecule has 0 spiro atoms. The minimum Gasteiger partial charge on any atom is -0.352 e. The van der Waals surface area contributed by atoms with Gasteiger partial charge in [0, 0.05) is 34.6 Å². The lowest BCUT2D eigenvalue weighted by Crippen LogP contribution is -2.44. The van der Waals surface area contributed by atoms with Gasteiger partial charge in [-0.1, -0.05) is 50.2 Å². The van der Waals surface area contributed by atoms with Crippen molar-refractivity contribution in [1.29, 1.82) is 0 Å². The number of nitrogens with zero attached hydrogens (tertiary/aromatic N) is 4. The molecule has 180 valence electrons. The summed E-state index contributed by atoms with van der Waals surface area (Å²) in [5.41, 5.74) is 1.49. The molecule has 1 aliphatic carbocycles.